The number of hydrogen-bond acceptors (Lipinski definition) is 3. The van der Waals surface area contributed by atoms with Crippen molar-refractivity contribution >= 4 is 16.0 Å². The van der Waals surface area contributed by atoms with E-state index in [1.807, 2.05) is 37.3 Å². The lowest BCUT2D eigenvalue weighted by Gasteiger charge is -2.13. The van der Waals surface area contributed by atoms with Crippen molar-refractivity contribution in [2.45, 2.75) is 39.1 Å². The summed E-state index contributed by atoms with van der Waals surface area (Å²) in [4.78, 5) is 4.64. The van der Waals surface area contributed by atoms with Crippen molar-refractivity contribution in [3.05, 3.63) is 70.8 Å². The summed E-state index contributed by atoms with van der Waals surface area (Å²) in [6.45, 7) is 6.12. The standard InChI is InChI=1S/C21H30N4O2S/c1-4-19-11-6-7-12-20(19)15-25-21(23-5-2)24-14-17-9-8-10-18(13-17)16-28(26,27)22-3/h6-13,22H,4-5,14-16H2,1-3H3,(H2,23,24,25). The normalized spacial score (nSPS) is 12.0. The SMILES string of the molecule is CCNC(=NCc1cccc(CS(=O)(=O)NC)c1)NCc1ccccc1CC. The molecule has 0 aliphatic carbocycles. The summed E-state index contributed by atoms with van der Waals surface area (Å²) < 4.78 is 25.8. The molecule has 0 radical (unpaired) electrons. The number of aliphatic imine (C=N–C) groups is 1. The van der Waals surface area contributed by atoms with Gasteiger partial charge in [0.1, 0.15) is 0 Å². The molecule has 0 saturated heterocycles. The van der Waals surface area contributed by atoms with Crippen molar-refractivity contribution in [3.63, 3.8) is 0 Å². The van der Waals surface area contributed by atoms with Crippen molar-refractivity contribution in [1.29, 1.82) is 0 Å². The van der Waals surface area contributed by atoms with Crippen molar-refractivity contribution in [2.75, 3.05) is 13.6 Å². The van der Waals surface area contributed by atoms with Gasteiger partial charge in [0.05, 0.1) is 12.3 Å². The predicted molar refractivity (Wildman–Crippen MR) is 116 cm³/mol. The third kappa shape index (κ3) is 6.98. The summed E-state index contributed by atoms with van der Waals surface area (Å²) in [7, 11) is -1.86. The smallest absolute Gasteiger partial charge is 0.215 e. The summed E-state index contributed by atoms with van der Waals surface area (Å²) in [6.07, 6.45) is 0.994. The van der Waals surface area contributed by atoms with E-state index in [1.54, 1.807) is 0 Å². The molecular weight excluding hydrogens is 372 g/mol. The number of rotatable bonds is 9. The van der Waals surface area contributed by atoms with Gasteiger partial charge in [0.2, 0.25) is 10.0 Å². The molecule has 152 valence electrons. The first-order valence-corrected chi connectivity index (χ1v) is 11.2. The summed E-state index contributed by atoms with van der Waals surface area (Å²) in [5, 5.41) is 6.63. The molecule has 0 heterocycles. The Hall–Kier alpha value is -2.38. The van der Waals surface area contributed by atoms with Gasteiger partial charge in [-0.1, -0.05) is 55.5 Å². The topological polar surface area (TPSA) is 82.6 Å². The Kier molecular flexibility index (Phi) is 8.47. The van der Waals surface area contributed by atoms with Crippen LogP contribution in [0.1, 0.15) is 36.1 Å². The van der Waals surface area contributed by atoms with Crippen molar-refractivity contribution in [3.8, 4) is 0 Å². The maximum absolute atomic E-state index is 11.7. The lowest BCUT2D eigenvalue weighted by Crippen LogP contribution is -2.37. The van der Waals surface area contributed by atoms with E-state index in [0.717, 1.165) is 30.1 Å². The van der Waals surface area contributed by atoms with E-state index in [1.165, 1.54) is 18.2 Å². The van der Waals surface area contributed by atoms with Gasteiger partial charge >= 0.3 is 0 Å². The summed E-state index contributed by atoms with van der Waals surface area (Å²) in [5.41, 5.74) is 4.30. The number of nitrogens with one attached hydrogen (secondary N) is 3. The number of hydrogen-bond donors (Lipinski definition) is 3. The minimum atomic E-state index is -3.29. The highest BCUT2D eigenvalue weighted by molar-refractivity contribution is 7.88. The number of benzene rings is 2. The molecule has 0 unspecified atom stereocenters. The van der Waals surface area contributed by atoms with Crippen LogP contribution in [0.3, 0.4) is 0 Å². The molecule has 0 aliphatic heterocycles. The van der Waals surface area contributed by atoms with Gasteiger partial charge < -0.3 is 10.6 Å². The lowest BCUT2D eigenvalue weighted by molar-refractivity contribution is 0.587. The molecule has 6 nitrogen and oxygen atoms in total. The summed E-state index contributed by atoms with van der Waals surface area (Å²) in [5.74, 6) is 0.703. The Morgan fingerprint density at radius 1 is 0.964 bits per heavy atom. The fourth-order valence-electron chi connectivity index (χ4n) is 2.88. The third-order valence-electron chi connectivity index (χ3n) is 4.37. The molecule has 7 heteroatoms. The Balaban J connectivity index is 2.06. The number of aryl methyl sites for hydroxylation is 1. The fourth-order valence-corrected chi connectivity index (χ4v) is 3.64. The highest BCUT2D eigenvalue weighted by atomic mass is 32.2. The van der Waals surface area contributed by atoms with Crippen LogP contribution in [0, 0.1) is 0 Å². The van der Waals surface area contributed by atoms with E-state index < -0.39 is 10.0 Å². The molecular formula is C21H30N4O2S. The molecule has 0 aliphatic rings. The molecule has 0 saturated carbocycles. The molecule has 0 atom stereocenters. The Morgan fingerprint density at radius 2 is 1.68 bits per heavy atom. The molecule has 2 aromatic rings. The van der Waals surface area contributed by atoms with Crippen LogP contribution < -0.4 is 15.4 Å². The minimum Gasteiger partial charge on any atom is -0.357 e. The zero-order chi connectivity index (χ0) is 20.4. The van der Waals surface area contributed by atoms with E-state index in [0.29, 0.717) is 13.1 Å². The Bertz CT molecular complexity index is 895. The van der Waals surface area contributed by atoms with Crippen LogP contribution in [0.5, 0.6) is 0 Å². The number of guanidine groups is 1. The molecule has 3 N–H and O–H groups in total. The van der Waals surface area contributed by atoms with E-state index in [-0.39, 0.29) is 5.75 Å². The number of sulfonamides is 1. The molecule has 0 bridgehead atoms. The molecule has 28 heavy (non-hydrogen) atoms. The van der Waals surface area contributed by atoms with Crippen LogP contribution >= 0.6 is 0 Å². The monoisotopic (exact) mass is 402 g/mol. The minimum absolute atomic E-state index is 0.0346. The van der Waals surface area contributed by atoms with Gasteiger partial charge in [-0.25, -0.2) is 18.1 Å². The largest absolute Gasteiger partial charge is 0.357 e. The van der Waals surface area contributed by atoms with Crippen LogP contribution in [0.15, 0.2) is 53.5 Å². The van der Waals surface area contributed by atoms with Crippen molar-refractivity contribution in [1.82, 2.24) is 15.4 Å². The quantitative estimate of drug-likeness (QED) is 0.445. The van der Waals surface area contributed by atoms with Crippen LogP contribution in [-0.4, -0.2) is 28.0 Å². The average molecular weight is 403 g/mol. The fraction of sp³-hybridized carbons (Fsp3) is 0.381. The van der Waals surface area contributed by atoms with Crippen LogP contribution in [0.4, 0.5) is 0 Å². The molecule has 0 aromatic heterocycles. The second-order valence-electron chi connectivity index (χ2n) is 6.45. The first-order valence-electron chi connectivity index (χ1n) is 9.55. The summed E-state index contributed by atoms with van der Waals surface area (Å²) in [6, 6.07) is 15.9. The van der Waals surface area contributed by atoms with Gasteiger partial charge in [0.15, 0.2) is 5.96 Å². The van der Waals surface area contributed by atoms with Gasteiger partial charge in [-0.05, 0) is 42.6 Å². The maximum atomic E-state index is 11.7. The first kappa shape index (κ1) is 21.9. The van der Waals surface area contributed by atoms with Gasteiger partial charge in [-0.2, -0.15) is 0 Å². The first-order chi connectivity index (χ1) is 13.5. The molecule has 0 amide bonds. The van der Waals surface area contributed by atoms with Crippen molar-refractivity contribution in [2.24, 2.45) is 4.99 Å². The second-order valence-corrected chi connectivity index (χ2v) is 8.38. The average Bonchev–Trinajstić information content (AvgIpc) is 2.70. The van der Waals surface area contributed by atoms with Gasteiger partial charge in [0, 0.05) is 13.1 Å². The zero-order valence-corrected chi connectivity index (χ0v) is 17.6. The van der Waals surface area contributed by atoms with E-state index in [2.05, 4.69) is 45.5 Å². The van der Waals surface area contributed by atoms with Gasteiger partial charge in [0.25, 0.3) is 0 Å². The second kappa shape index (κ2) is 10.8. The third-order valence-corrected chi connectivity index (χ3v) is 5.70. The predicted octanol–water partition coefficient (Wildman–Crippen LogP) is 2.55. The van der Waals surface area contributed by atoms with Crippen LogP contribution in [0.2, 0.25) is 0 Å². The van der Waals surface area contributed by atoms with Crippen LogP contribution in [0.25, 0.3) is 0 Å². The van der Waals surface area contributed by atoms with E-state index >= 15 is 0 Å². The Labute approximate surface area is 168 Å². The summed E-state index contributed by atoms with van der Waals surface area (Å²) >= 11 is 0. The van der Waals surface area contributed by atoms with Crippen LogP contribution in [-0.2, 0) is 35.3 Å². The van der Waals surface area contributed by atoms with Gasteiger partial charge in [-0.3, -0.25) is 0 Å². The maximum Gasteiger partial charge on any atom is 0.215 e. The van der Waals surface area contributed by atoms with E-state index in [9.17, 15) is 8.42 Å². The zero-order valence-electron chi connectivity index (χ0n) is 16.8. The van der Waals surface area contributed by atoms with Crippen molar-refractivity contribution < 1.29 is 8.42 Å². The van der Waals surface area contributed by atoms with E-state index in [4.69, 9.17) is 0 Å². The number of nitrogens with zero attached hydrogens (tertiary/aromatic N) is 1. The molecule has 2 rings (SSSR count). The highest BCUT2D eigenvalue weighted by Gasteiger charge is 2.09. The molecule has 0 fully saturated rings. The van der Waals surface area contributed by atoms with Gasteiger partial charge in [-0.15, -0.1) is 0 Å². The highest BCUT2D eigenvalue weighted by Crippen LogP contribution is 2.11. The lowest BCUT2D eigenvalue weighted by atomic mass is 10.1. The molecule has 0 spiro atoms. The molecule has 2 aromatic carbocycles. The Morgan fingerprint density at radius 3 is 2.36 bits per heavy atom.